The van der Waals surface area contributed by atoms with Crippen molar-refractivity contribution in [2.75, 3.05) is 11.1 Å². The van der Waals surface area contributed by atoms with Gasteiger partial charge in [-0.05, 0) is 30.3 Å². The number of nitrogens with two attached hydrogens (primary N) is 1. The summed E-state index contributed by atoms with van der Waals surface area (Å²) in [5.74, 6) is 0.520. The lowest BCUT2D eigenvalue weighted by molar-refractivity contribution is 1.31. The number of nitrogens with one attached hydrogen (secondary N) is 1. The van der Waals surface area contributed by atoms with Gasteiger partial charge in [-0.1, -0.05) is 0 Å². The Balaban J connectivity index is 2.35. The molecule has 2 aromatic rings. The molecular formula is C13H9N5. The molecule has 0 bridgehead atoms. The number of rotatable bonds is 2. The number of hydrogen-bond acceptors (Lipinski definition) is 5. The Labute approximate surface area is 104 Å². The first kappa shape index (κ1) is 11.4. The van der Waals surface area contributed by atoms with E-state index in [0.29, 0.717) is 28.3 Å². The SMILES string of the molecule is N#Cc1ccc(Nc2ncccc2N)cc1C#N. The maximum Gasteiger partial charge on any atom is 0.153 e. The number of benzene rings is 1. The molecule has 0 saturated heterocycles. The standard InChI is InChI=1S/C13H9N5/c14-7-9-3-4-11(6-10(9)8-15)18-13-12(16)2-1-5-17-13/h1-6H,16H2,(H,17,18). The minimum atomic E-state index is 0.317. The molecule has 0 atom stereocenters. The van der Waals surface area contributed by atoms with Crippen LogP contribution in [0, 0.1) is 22.7 Å². The van der Waals surface area contributed by atoms with Gasteiger partial charge in [0.1, 0.15) is 12.1 Å². The second-order valence-corrected chi connectivity index (χ2v) is 3.55. The molecule has 0 saturated carbocycles. The molecule has 0 amide bonds. The number of pyridine rings is 1. The highest BCUT2D eigenvalue weighted by atomic mass is 15.0. The van der Waals surface area contributed by atoms with Crippen LogP contribution in [0.3, 0.4) is 0 Å². The van der Waals surface area contributed by atoms with E-state index in [9.17, 15) is 0 Å². The van der Waals surface area contributed by atoms with Gasteiger partial charge in [0.25, 0.3) is 0 Å². The van der Waals surface area contributed by atoms with Crippen LogP contribution < -0.4 is 11.1 Å². The molecule has 0 unspecified atom stereocenters. The van der Waals surface area contributed by atoms with Gasteiger partial charge in [-0.25, -0.2) is 4.98 Å². The van der Waals surface area contributed by atoms with Gasteiger partial charge in [0, 0.05) is 11.9 Å². The Morgan fingerprint density at radius 3 is 2.56 bits per heavy atom. The Morgan fingerprint density at radius 1 is 1.11 bits per heavy atom. The smallest absolute Gasteiger partial charge is 0.153 e. The summed E-state index contributed by atoms with van der Waals surface area (Å²) >= 11 is 0. The quantitative estimate of drug-likeness (QED) is 0.830. The molecule has 0 radical (unpaired) electrons. The van der Waals surface area contributed by atoms with E-state index in [1.54, 1.807) is 36.5 Å². The fraction of sp³-hybridized carbons (Fsp3) is 0. The third-order valence-corrected chi connectivity index (χ3v) is 2.36. The molecule has 1 aromatic heterocycles. The molecular weight excluding hydrogens is 226 g/mol. The average molecular weight is 235 g/mol. The predicted octanol–water partition coefficient (Wildman–Crippen LogP) is 2.15. The number of hydrogen-bond donors (Lipinski definition) is 2. The van der Waals surface area contributed by atoms with Crippen LogP contribution >= 0.6 is 0 Å². The Hall–Kier alpha value is -3.05. The summed E-state index contributed by atoms with van der Waals surface area (Å²) in [6.07, 6.45) is 1.62. The number of anilines is 3. The molecule has 0 spiro atoms. The van der Waals surface area contributed by atoms with E-state index in [-0.39, 0.29) is 0 Å². The minimum absolute atomic E-state index is 0.317. The van der Waals surface area contributed by atoms with Crippen LogP contribution in [0.2, 0.25) is 0 Å². The highest BCUT2D eigenvalue weighted by molar-refractivity contribution is 5.69. The summed E-state index contributed by atoms with van der Waals surface area (Å²) in [7, 11) is 0. The van der Waals surface area contributed by atoms with E-state index in [2.05, 4.69) is 10.3 Å². The lowest BCUT2D eigenvalue weighted by Gasteiger charge is -2.08. The molecule has 1 aromatic carbocycles. The molecule has 5 heteroatoms. The molecule has 2 rings (SSSR count). The molecule has 0 aliphatic rings. The fourth-order valence-electron chi connectivity index (χ4n) is 1.47. The highest BCUT2D eigenvalue weighted by Crippen LogP contribution is 2.21. The van der Waals surface area contributed by atoms with Crippen molar-refractivity contribution in [3.8, 4) is 12.1 Å². The largest absolute Gasteiger partial charge is 0.396 e. The van der Waals surface area contributed by atoms with Crippen LogP contribution in [0.15, 0.2) is 36.5 Å². The number of nitrogens with zero attached hydrogens (tertiary/aromatic N) is 3. The fourth-order valence-corrected chi connectivity index (χ4v) is 1.47. The maximum absolute atomic E-state index is 8.93. The van der Waals surface area contributed by atoms with Gasteiger partial charge < -0.3 is 11.1 Å². The van der Waals surface area contributed by atoms with Crippen LogP contribution in [0.25, 0.3) is 0 Å². The molecule has 5 nitrogen and oxygen atoms in total. The van der Waals surface area contributed by atoms with Crippen molar-refractivity contribution in [2.45, 2.75) is 0 Å². The van der Waals surface area contributed by atoms with Crippen molar-refractivity contribution in [3.05, 3.63) is 47.7 Å². The van der Waals surface area contributed by atoms with Crippen molar-refractivity contribution in [2.24, 2.45) is 0 Å². The van der Waals surface area contributed by atoms with Crippen LogP contribution in [0.5, 0.6) is 0 Å². The van der Waals surface area contributed by atoms with Crippen molar-refractivity contribution < 1.29 is 0 Å². The van der Waals surface area contributed by atoms with E-state index in [1.165, 1.54) is 0 Å². The van der Waals surface area contributed by atoms with Gasteiger partial charge in [0.05, 0.1) is 16.8 Å². The summed E-state index contributed by atoms with van der Waals surface area (Å²) in [5.41, 5.74) is 7.59. The molecule has 1 heterocycles. The number of aromatic nitrogens is 1. The van der Waals surface area contributed by atoms with Crippen molar-refractivity contribution >= 4 is 17.2 Å². The lowest BCUT2D eigenvalue weighted by atomic mass is 10.1. The van der Waals surface area contributed by atoms with E-state index in [1.807, 2.05) is 12.1 Å². The Morgan fingerprint density at radius 2 is 1.89 bits per heavy atom. The lowest BCUT2D eigenvalue weighted by Crippen LogP contribution is -1.99. The third-order valence-electron chi connectivity index (χ3n) is 2.36. The highest BCUT2D eigenvalue weighted by Gasteiger charge is 2.04. The summed E-state index contributed by atoms with van der Waals surface area (Å²) < 4.78 is 0. The zero-order valence-corrected chi connectivity index (χ0v) is 9.38. The first-order chi connectivity index (χ1) is 8.74. The van der Waals surface area contributed by atoms with E-state index in [4.69, 9.17) is 16.3 Å². The van der Waals surface area contributed by atoms with Gasteiger partial charge in [0.2, 0.25) is 0 Å². The molecule has 0 aliphatic heterocycles. The van der Waals surface area contributed by atoms with Crippen LogP contribution in [-0.2, 0) is 0 Å². The zero-order valence-electron chi connectivity index (χ0n) is 9.38. The molecule has 18 heavy (non-hydrogen) atoms. The van der Waals surface area contributed by atoms with Gasteiger partial charge in [-0.3, -0.25) is 0 Å². The zero-order chi connectivity index (χ0) is 13.0. The first-order valence-electron chi connectivity index (χ1n) is 5.16. The van der Waals surface area contributed by atoms with Crippen LogP contribution in [0.4, 0.5) is 17.2 Å². The third kappa shape index (κ3) is 2.21. The predicted molar refractivity (Wildman–Crippen MR) is 67.8 cm³/mol. The monoisotopic (exact) mass is 235 g/mol. The van der Waals surface area contributed by atoms with E-state index in [0.717, 1.165) is 0 Å². The normalized spacial score (nSPS) is 9.22. The number of nitriles is 2. The van der Waals surface area contributed by atoms with Crippen LogP contribution in [0.1, 0.15) is 11.1 Å². The molecule has 86 valence electrons. The Bertz CT molecular complexity index is 664. The van der Waals surface area contributed by atoms with Crippen molar-refractivity contribution in [3.63, 3.8) is 0 Å². The van der Waals surface area contributed by atoms with Gasteiger partial charge in [-0.15, -0.1) is 0 Å². The summed E-state index contributed by atoms with van der Waals surface area (Å²) in [5, 5.41) is 20.7. The van der Waals surface area contributed by atoms with Crippen LogP contribution in [-0.4, -0.2) is 4.98 Å². The van der Waals surface area contributed by atoms with E-state index < -0.39 is 0 Å². The van der Waals surface area contributed by atoms with Gasteiger partial charge in [0.15, 0.2) is 5.82 Å². The second-order valence-electron chi connectivity index (χ2n) is 3.55. The maximum atomic E-state index is 8.93. The Kier molecular flexibility index (Phi) is 3.08. The van der Waals surface area contributed by atoms with E-state index >= 15 is 0 Å². The molecule has 3 N–H and O–H groups in total. The number of nitrogen functional groups attached to an aromatic ring is 1. The van der Waals surface area contributed by atoms with Crippen molar-refractivity contribution in [1.29, 1.82) is 10.5 Å². The van der Waals surface area contributed by atoms with Gasteiger partial charge in [-0.2, -0.15) is 10.5 Å². The summed E-state index contributed by atoms with van der Waals surface area (Å²) in [4.78, 5) is 4.09. The average Bonchev–Trinajstić information content (AvgIpc) is 2.41. The summed E-state index contributed by atoms with van der Waals surface area (Å²) in [6.45, 7) is 0. The van der Waals surface area contributed by atoms with Gasteiger partial charge >= 0.3 is 0 Å². The second kappa shape index (κ2) is 4.86. The molecule has 0 fully saturated rings. The molecule has 0 aliphatic carbocycles. The summed E-state index contributed by atoms with van der Waals surface area (Å²) in [6, 6.07) is 12.3. The minimum Gasteiger partial charge on any atom is -0.396 e. The first-order valence-corrected chi connectivity index (χ1v) is 5.16. The topological polar surface area (TPSA) is 98.5 Å². The van der Waals surface area contributed by atoms with Crippen molar-refractivity contribution in [1.82, 2.24) is 4.98 Å².